The Morgan fingerprint density at radius 3 is 2.66 bits per heavy atom. The summed E-state index contributed by atoms with van der Waals surface area (Å²) >= 11 is 0. The van der Waals surface area contributed by atoms with Crippen LogP contribution in [0.3, 0.4) is 0 Å². The first-order valence-corrected chi connectivity index (χ1v) is 11.7. The third-order valence-electron chi connectivity index (χ3n) is 6.87. The Morgan fingerprint density at radius 1 is 1.06 bits per heavy atom. The summed E-state index contributed by atoms with van der Waals surface area (Å²) in [6.45, 7) is 8.68. The number of aryl methyl sites for hydroxylation is 3. The second-order valence-electron chi connectivity index (χ2n) is 9.44. The zero-order valence-corrected chi connectivity index (χ0v) is 19.2. The highest BCUT2D eigenvalue weighted by Crippen LogP contribution is 2.33. The van der Waals surface area contributed by atoms with Gasteiger partial charge in [-0.25, -0.2) is 9.50 Å². The third-order valence-corrected chi connectivity index (χ3v) is 6.87. The molecule has 0 spiro atoms. The molecule has 2 atom stereocenters. The number of carbonyl (C=O) groups is 1. The number of likely N-dealkylation sites (tertiary alicyclic amines) is 1. The van der Waals surface area contributed by atoms with Crippen LogP contribution in [0.4, 0.5) is 5.82 Å². The van der Waals surface area contributed by atoms with Gasteiger partial charge in [-0.05, 0) is 58.1 Å². The Kier molecular flexibility index (Phi) is 5.37. The van der Waals surface area contributed by atoms with Gasteiger partial charge in [0.05, 0.1) is 11.7 Å². The van der Waals surface area contributed by atoms with Crippen molar-refractivity contribution in [3.63, 3.8) is 0 Å². The first-order valence-electron chi connectivity index (χ1n) is 11.7. The van der Waals surface area contributed by atoms with Gasteiger partial charge < -0.3 is 15.5 Å². The number of hydrogen-bond donors (Lipinski definition) is 1. The third kappa shape index (κ3) is 3.75. The molecule has 7 heteroatoms. The molecule has 168 valence electrons. The second-order valence-corrected chi connectivity index (χ2v) is 9.44. The van der Waals surface area contributed by atoms with E-state index >= 15 is 0 Å². The van der Waals surface area contributed by atoms with Crippen molar-refractivity contribution in [2.75, 3.05) is 24.5 Å². The molecule has 2 N–H and O–H groups in total. The summed E-state index contributed by atoms with van der Waals surface area (Å²) in [5.74, 6) is 1.09. The summed E-state index contributed by atoms with van der Waals surface area (Å²) < 4.78 is 1.86. The second kappa shape index (κ2) is 8.20. The lowest BCUT2D eigenvalue weighted by Gasteiger charge is -2.35. The number of benzene rings is 1. The van der Waals surface area contributed by atoms with E-state index in [2.05, 4.69) is 30.9 Å². The number of anilines is 1. The summed E-state index contributed by atoms with van der Waals surface area (Å²) in [4.78, 5) is 22.7. The molecule has 3 aromatic rings. The maximum absolute atomic E-state index is 13.5. The number of aromatic nitrogens is 3. The average molecular weight is 433 g/mol. The minimum Gasteiger partial charge on any atom is -0.355 e. The molecule has 0 bridgehead atoms. The first-order chi connectivity index (χ1) is 15.4. The summed E-state index contributed by atoms with van der Waals surface area (Å²) in [7, 11) is 0. The molecular formula is C25H32N6O. The van der Waals surface area contributed by atoms with E-state index < -0.39 is 0 Å². The first kappa shape index (κ1) is 20.9. The van der Waals surface area contributed by atoms with E-state index in [1.165, 1.54) is 5.56 Å². The molecule has 1 amide bonds. The Labute approximate surface area is 189 Å². The number of piperidine rings is 1. The fourth-order valence-corrected chi connectivity index (χ4v) is 5.17. The molecule has 0 aliphatic carbocycles. The van der Waals surface area contributed by atoms with Gasteiger partial charge >= 0.3 is 0 Å². The summed E-state index contributed by atoms with van der Waals surface area (Å²) in [5, 5.41) is 4.86. The van der Waals surface area contributed by atoms with Crippen molar-refractivity contribution in [1.82, 2.24) is 19.5 Å². The summed E-state index contributed by atoms with van der Waals surface area (Å²) in [5.41, 5.74) is 11.9. The van der Waals surface area contributed by atoms with E-state index in [-0.39, 0.29) is 18.0 Å². The normalized spacial score (nSPS) is 21.5. The van der Waals surface area contributed by atoms with Crippen molar-refractivity contribution in [3.8, 4) is 0 Å². The SMILES string of the molecule is Cc1ccc(C(=O)N2CCCCC2c2cc3nc(N4CCC(N)C4)c(C)cn3n2)c(C)c1. The topological polar surface area (TPSA) is 79.8 Å². The minimum absolute atomic E-state index is 0.0254. The summed E-state index contributed by atoms with van der Waals surface area (Å²) in [6, 6.07) is 8.29. The van der Waals surface area contributed by atoms with E-state index in [0.717, 1.165) is 79.2 Å². The number of rotatable bonds is 3. The molecule has 0 radical (unpaired) electrons. The van der Waals surface area contributed by atoms with Gasteiger partial charge in [-0.1, -0.05) is 17.7 Å². The van der Waals surface area contributed by atoms with Crippen molar-refractivity contribution in [2.24, 2.45) is 5.73 Å². The van der Waals surface area contributed by atoms with Gasteiger partial charge in [0, 0.05) is 49.1 Å². The lowest BCUT2D eigenvalue weighted by Crippen LogP contribution is -2.39. The van der Waals surface area contributed by atoms with E-state index in [9.17, 15) is 4.79 Å². The zero-order valence-electron chi connectivity index (χ0n) is 19.2. The maximum Gasteiger partial charge on any atom is 0.254 e. The van der Waals surface area contributed by atoms with Crippen LogP contribution in [0.2, 0.25) is 0 Å². The molecule has 7 nitrogen and oxygen atoms in total. The molecule has 2 unspecified atom stereocenters. The standard InChI is InChI=1S/C25H32N6O/c1-16-7-8-20(17(2)12-16)25(32)30-10-5-4-6-22(30)21-13-23-27-24(18(3)14-31(23)28-21)29-11-9-19(26)15-29/h7-8,12-14,19,22H,4-6,9-11,15,26H2,1-3H3. The van der Waals surface area contributed by atoms with Crippen LogP contribution in [-0.4, -0.2) is 51.1 Å². The molecule has 2 aromatic heterocycles. The van der Waals surface area contributed by atoms with Gasteiger partial charge in [0.25, 0.3) is 5.91 Å². The van der Waals surface area contributed by atoms with E-state index in [4.69, 9.17) is 15.8 Å². The van der Waals surface area contributed by atoms with Crippen LogP contribution in [-0.2, 0) is 0 Å². The predicted octanol–water partition coefficient (Wildman–Crippen LogP) is 3.56. The van der Waals surface area contributed by atoms with Crippen molar-refractivity contribution in [3.05, 3.63) is 58.4 Å². The molecule has 2 saturated heterocycles. The van der Waals surface area contributed by atoms with Crippen molar-refractivity contribution >= 4 is 17.4 Å². The number of nitrogens with two attached hydrogens (primary N) is 1. The Hall–Kier alpha value is -2.93. The van der Waals surface area contributed by atoms with Gasteiger partial charge in [-0.3, -0.25) is 4.79 Å². The molecule has 5 rings (SSSR count). The minimum atomic E-state index is -0.0254. The Morgan fingerprint density at radius 2 is 1.91 bits per heavy atom. The maximum atomic E-state index is 13.5. The van der Waals surface area contributed by atoms with Crippen LogP contribution >= 0.6 is 0 Å². The van der Waals surface area contributed by atoms with Crippen molar-refractivity contribution in [2.45, 2.75) is 58.5 Å². The van der Waals surface area contributed by atoms with Gasteiger partial charge in [-0.2, -0.15) is 5.10 Å². The van der Waals surface area contributed by atoms with E-state index in [1.807, 2.05) is 34.7 Å². The molecule has 2 fully saturated rings. The number of nitrogens with zero attached hydrogens (tertiary/aromatic N) is 5. The lowest BCUT2D eigenvalue weighted by atomic mass is 9.97. The fourth-order valence-electron chi connectivity index (χ4n) is 5.17. The van der Waals surface area contributed by atoms with Crippen LogP contribution in [0.5, 0.6) is 0 Å². The smallest absolute Gasteiger partial charge is 0.254 e. The Balaban J connectivity index is 1.47. The lowest BCUT2D eigenvalue weighted by molar-refractivity contribution is 0.0605. The molecule has 32 heavy (non-hydrogen) atoms. The predicted molar refractivity (Wildman–Crippen MR) is 126 cm³/mol. The largest absolute Gasteiger partial charge is 0.355 e. The Bertz CT molecular complexity index is 1170. The van der Waals surface area contributed by atoms with Crippen LogP contribution in [0, 0.1) is 20.8 Å². The summed E-state index contributed by atoms with van der Waals surface area (Å²) in [6.07, 6.45) is 6.08. The van der Waals surface area contributed by atoms with Gasteiger partial charge in [0.2, 0.25) is 0 Å². The zero-order chi connectivity index (χ0) is 22.4. The van der Waals surface area contributed by atoms with Crippen molar-refractivity contribution in [1.29, 1.82) is 0 Å². The fraction of sp³-hybridized carbons (Fsp3) is 0.480. The van der Waals surface area contributed by atoms with E-state index in [0.29, 0.717) is 0 Å². The number of hydrogen-bond acceptors (Lipinski definition) is 5. The highest BCUT2D eigenvalue weighted by molar-refractivity contribution is 5.96. The van der Waals surface area contributed by atoms with Gasteiger partial charge in [0.1, 0.15) is 5.82 Å². The highest BCUT2D eigenvalue weighted by atomic mass is 16.2. The van der Waals surface area contributed by atoms with Crippen molar-refractivity contribution < 1.29 is 4.79 Å². The molecule has 0 saturated carbocycles. The molecular weight excluding hydrogens is 400 g/mol. The highest BCUT2D eigenvalue weighted by Gasteiger charge is 2.31. The van der Waals surface area contributed by atoms with Crippen LogP contribution in [0.25, 0.3) is 5.65 Å². The number of fused-ring (bicyclic) bond motifs is 1. The monoisotopic (exact) mass is 432 g/mol. The molecule has 4 heterocycles. The van der Waals surface area contributed by atoms with Crippen LogP contribution in [0.1, 0.15) is 64.5 Å². The van der Waals surface area contributed by atoms with Crippen LogP contribution in [0.15, 0.2) is 30.5 Å². The molecule has 1 aromatic carbocycles. The number of carbonyl (C=O) groups excluding carboxylic acids is 1. The van der Waals surface area contributed by atoms with Crippen LogP contribution < -0.4 is 10.6 Å². The quantitative estimate of drug-likeness (QED) is 0.685. The van der Waals surface area contributed by atoms with Gasteiger partial charge in [-0.15, -0.1) is 0 Å². The molecule has 2 aliphatic rings. The van der Waals surface area contributed by atoms with E-state index in [1.54, 1.807) is 0 Å². The average Bonchev–Trinajstić information content (AvgIpc) is 3.38. The number of amides is 1. The van der Waals surface area contributed by atoms with Gasteiger partial charge in [0.15, 0.2) is 5.65 Å². The molecule has 2 aliphatic heterocycles.